The molecule has 0 spiro atoms. The van der Waals surface area contributed by atoms with Crippen molar-refractivity contribution in [3.8, 4) is 11.5 Å². The molecule has 0 saturated carbocycles. The van der Waals surface area contributed by atoms with Crippen molar-refractivity contribution in [2.45, 2.75) is 26.4 Å². The third-order valence-corrected chi connectivity index (χ3v) is 2.55. The van der Waals surface area contributed by atoms with Gasteiger partial charge in [-0.3, -0.25) is 10.1 Å². The Bertz CT molecular complexity index is 578. The van der Waals surface area contributed by atoms with E-state index >= 15 is 0 Å². The van der Waals surface area contributed by atoms with Crippen LogP contribution in [0.4, 0.5) is 5.69 Å². The molecule has 1 N–H and O–H groups in total. The summed E-state index contributed by atoms with van der Waals surface area (Å²) in [6.45, 7) is 4.69. The van der Waals surface area contributed by atoms with Crippen LogP contribution < -0.4 is 5.32 Å². The van der Waals surface area contributed by atoms with Crippen LogP contribution in [0.15, 0.2) is 34.9 Å². The van der Waals surface area contributed by atoms with Crippen molar-refractivity contribution in [2.24, 2.45) is 0 Å². The Morgan fingerprint density at radius 2 is 2.26 bits per heavy atom. The van der Waals surface area contributed by atoms with Gasteiger partial charge in [-0.15, -0.1) is 0 Å². The van der Waals surface area contributed by atoms with Gasteiger partial charge in [0.2, 0.25) is 5.89 Å². The average Bonchev–Trinajstić information content (AvgIpc) is 2.85. The summed E-state index contributed by atoms with van der Waals surface area (Å²) in [4.78, 5) is 14.6. The van der Waals surface area contributed by atoms with Gasteiger partial charge in [-0.25, -0.2) is 4.98 Å². The first-order valence-corrected chi connectivity index (χ1v) is 5.99. The molecular formula is C13H15N3O3. The molecule has 1 heterocycles. The molecule has 2 aromatic rings. The number of nitro groups is 1. The van der Waals surface area contributed by atoms with Gasteiger partial charge < -0.3 is 9.73 Å². The van der Waals surface area contributed by atoms with E-state index in [1.807, 2.05) is 13.8 Å². The van der Waals surface area contributed by atoms with Crippen LogP contribution in [-0.2, 0) is 6.54 Å². The highest BCUT2D eigenvalue weighted by atomic mass is 16.6. The van der Waals surface area contributed by atoms with E-state index in [1.165, 1.54) is 12.1 Å². The van der Waals surface area contributed by atoms with Crippen molar-refractivity contribution in [1.29, 1.82) is 0 Å². The van der Waals surface area contributed by atoms with E-state index in [4.69, 9.17) is 4.42 Å². The molecule has 0 bridgehead atoms. The van der Waals surface area contributed by atoms with Crippen LogP contribution in [0.2, 0.25) is 0 Å². The van der Waals surface area contributed by atoms with E-state index in [0.717, 1.165) is 5.69 Å². The lowest BCUT2D eigenvalue weighted by atomic mass is 10.2. The SMILES string of the molecule is CC(C)NCc1coc(-c2cccc([N+](=O)[O-])c2)n1. The summed E-state index contributed by atoms with van der Waals surface area (Å²) in [6.07, 6.45) is 1.56. The van der Waals surface area contributed by atoms with Gasteiger partial charge in [0.05, 0.1) is 10.6 Å². The molecule has 19 heavy (non-hydrogen) atoms. The van der Waals surface area contributed by atoms with E-state index in [2.05, 4.69) is 10.3 Å². The lowest BCUT2D eigenvalue weighted by molar-refractivity contribution is -0.384. The van der Waals surface area contributed by atoms with Gasteiger partial charge in [0.25, 0.3) is 5.69 Å². The quantitative estimate of drug-likeness (QED) is 0.661. The van der Waals surface area contributed by atoms with Crippen LogP contribution in [0.25, 0.3) is 11.5 Å². The fraction of sp³-hybridized carbons (Fsp3) is 0.308. The van der Waals surface area contributed by atoms with Crippen LogP contribution >= 0.6 is 0 Å². The Labute approximate surface area is 110 Å². The van der Waals surface area contributed by atoms with Crippen molar-refractivity contribution in [1.82, 2.24) is 10.3 Å². The van der Waals surface area contributed by atoms with E-state index in [9.17, 15) is 10.1 Å². The number of nitrogens with zero attached hydrogens (tertiary/aromatic N) is 2. The number of hydrogen-bond donors (Lipinski definition) is 1. The smallest absolute Gasteiger partial charge is 0.270 e. The first-order chi connectivity index (χ1) is 9.06. The Morgan fingerprint density at radius 1 is 1.47 bits per heavy atom. The highest BCUT2D eigenvalue weighted by molar-refractivity contribution is 5.57. The maximum absolute atomic E-state index is 10.7. The van der Waals surface area contributed by atoms with Gasteiger partial charge >= 0.3 is 0 Å². The number of nitrogens with one attached hydrogen (secondary N) is 1. The van der Waals surface area contributed by atoms with Crippen LogP contribution in [0.3, 0.4) is 0 Å². The molecule has 0 atom stereocenters. The van der Waals surface area contributed by atoms with Crippen molar-refractivity contribution >= 4 is 5.69 Å². The second kappa shape index (κ2) is 5.62. The van der Waals surface area contributed by atoms with E-state index in [1.54, 1.807) is 18.4 Å². The fourth-order valence-electron chi connectivity index (χ4n) is 1.58. The van der Waals surface area contributed by atoms with E-state index < -0.39 is 4.92 Å². The predicted molar refractivity (Wildman–Crippen MR) is 70.6 cm³/mol. The van der Waals surface area contributed by atoms with Gasteiger partial charge in [0.15, 0.2) is 0 Å². The highest BCUT2D eigenvalue weighted by Crippen LogP contribution is 2.23. The van der Waals surface area contributed by atoms with E-state index in [-0.39, 0.29) is 5.69 Å². The van der Waals surface area contributed by atoms with Crippen LogP contribution in [0.1, 0.15) is 19.5 Å². The van der Waals surface area contributed by atoms with Crippen LogP contribution in [0, 0.1) is 10.1 Å². The van der Waals surface area contributed by atoms with Crippen LogP contribution in [0.5, 0.6) is 0 Å². The molecule has 0 fully saturated rings. The molecular weight excluding hydrogens is 246 g/mol. The Hall–Kier alpha value is -2.21. The molecule has 6 nitrogen and oxygen atoms in total. The second-order valence-corrected chi connectivity index (χ2v) is 4.49. The van der Waals surface area contributed by atoms with Gasteiger partial charge in [0, 0.05) is 30.3 Å². The summed E-state index contributed by atoms with van der Waals surface area (Å²) >= 11 is 0. The maximum atomic E-state index is 10.7. The first-order valence-electron chi connectivity index (χ1n) is 5.99. The molecule has 2 rings (SSSR count). The van der Waals surface area contributed by atoms with Crippen molar-refractivity contribution < 1.29 is 9.34 Å². The number of aromatic nitrogens is 1. The molecule has 0 aliphatic rings. The zero-order valence-electron chi connectivity index (χ0n) is 10.8. The first kappa shape index (κ1) is 13.2. The number of rotatable bonds is 5. The van der Waals surface area contributed by atoms with Crippen molar-refractivity contribution in [3.05, 3.63) is 46.3 Å². The minimum Gasteiger partial charge on any atom is -0.444 e. The maximum Gasteiger partial charge on any atom is 0.270 e. The van der Waals surface area contributed by atoms with Crippen LogP contribution in [-0.4, -0.2) is 15.9 Å². The summed E-state index contributed by atoms with van der Waals surface area (Å²) in [5, 5.41) is 13.9. The van der Waals surface area contributed by atoms with Crippen molar-refractivity contribution in [3.63, 3.8) is 0 Å². The molecule has 1 aromatic carbocycles. The Kier molecular flexibility index (Phi) is 3.91. The average molecular weight is 261 g/mol. The number of oxazole rings is 1. The Morgan fingerprint density at radius 3 is 2.95 bits per heavy atom. The zero-order chi connectivity index (χ0) is 13.8. The molecule has 0 saturated heterocycles. The lowest BCUT2D eigenvalue weighted by Crippen LogP contribution is -2.21. The lowest BCUT2D eigenvalue weighted by Gasteiger charge is -2.04. The monoisotopic (exact) mass is 261 g/mol. The fourth-order valence-corrected chi connectivity index (χ4v) is 1.58. The number of hydrogen-bond acceptors (Lipinski definition) is 5. The largest absolute Gasteiger partial charge is 0.444 e. The highest BCUT2D eigenvalue weighted by Gasteiger charge is 2.11. The minimum absolute atomic E-state index is 0.0255. The number of nitro benzene ring substituents is 1. The predicted octanol–water partition coefficient (Wildman–Crippen LogP) is 2.75. The summed E-state index contributed by atoms with van der Waals surface area (Å²) < 4.78 is 5.34. The summed E-state index contributed by atoms with van der Waals surface area (Å²) in [6, 6.07) is 6.60. The van der Waals surface area contributed by atoms with Gasteiger partial charge in [-0.2, -0.15) is 0 Å². The summed E-state index contributed by atoms with van der Waals surface area (Å²) in [5.74, 6) is 0.393. The minimum atomic E-state index is -0.437. The summed E-state index contributed by atoms with van der Waals surface area (Å²) in [5.41, 5.74) is 1.40. The molecule has 0 radical (unpaired) electrons. The molecule has 6 heteroatoms. The second-order valence-electron chi connectivity index (χ2n) is 4.49. The number of benzene rings is 1. The van der Waals surface area contributed by atoms with E-state index in [0.29, 0.717) is 24.0 Å². The normalized spacial score (nSPS) is 10.9. The molecule has 0 aliphatic heterocycles. The molecule has 1 aromatic heterocycles. The standard InChI is InChI=1S/C13H15N3O3/c1-9(2)14-7-11-8-19-13(15-11)10-4-3-5-12(6-10)16(17)18/h3-6,8-9,14H,7H2,1-2H3. The molecule has 0 aliphatic carbocycles. The topological polar surface area (TPSA) is 81.2 Å². The molecule has 0 unspecified atom stereocenters. The molecule has 100 valence electrons. The summed E-state index contributed by atoms with van der Waals surface area (Å²) in [7, 11) is 0. The molecule has 0 amide bonds. The zero-order valence-corrected chi connectivity index (χ0v) is 10.8. The third kappa shape index (κ3) is 3.38. The van der Waals surface area contributed by atoms with Gasteiger partial charge in [-0.1, -0.05) is 19.9 Å². The van der Waals surface area contributed by atoms with Crippen molar-refractivity contribution in [2.75, 3.05) is 0 Å². The third-order valence-electron chi connectivity index (χ3n) is 2.55. The van der Waals surface area contributed by atoms with Gasteiger partial charge in [0.1, 0.15) is 6.26 Å². The van der Waals surface area contributed by atoms with Gasteiger partial charge in [-0.05, 0) is 6.07 Å². The number of non-ortho nitro benzene ring substituents is 1. The Balaban J connectivity index is 2.18.